The Morgan fingerprint density at radius 3 is 2.45 bits per heavy atom. The molecule has 5 nitrogen and oxygen atoms in total. The number of nitrogens with zero attached hydrogens (tertiary/aromatic N) is 1. The van der Waals surface area contributed by atoms with E-state index in [1.165, 1.54) is 6.26 Å². The summed E-state index contributed by atoms with van der Waals surface area (Å²) in [5.74, 6) is 0.280. The minimum absolute atomic E-state index is 0.00384. The van der Waals surface area contributed by atoms with E-state index in [1.807, 2.05) is 6.92 Å². The van der Waals surface area contributed by atoms with Crippen LogP contribution in [0.15, 0.2) is 39.7 Å². The van der Waals surface area contributed by atoms with Gasteiger partial charge in [-0.1, -0.05) is 20.8 Å². The number of pyridine rings is 1. The second kappa shape index (κ2) is 5.83. The van der Waals surface area contributed by atoms with Crippen molar-refractivity contribution in [2.45, 2.75) is 33.7 Å². The largest absolute Gasteiger partial charge is 0.463 e. The second-order valence-corrected chi connectivity index (χ2v) is 6.55. The first-order chi connectivity index (χ1) is 10.2. The van der Waals surface area contributed by atoms with E-state index in [-0.39, 0.29) is 22.9 Å². The van der Waals surface area contributed by atoms with Crippen molar-refractivity contribution in [3.05, 3.63) is 46.4 Å². The van der Waals surface area contributed by atoms with Crippen molar-refractivity contribution in [3.63, 3.8) is 0 Å². The number of hydrogen-bond donors (Lipinski definition) is 1. The molecule has 0 radical (unpaired) electrons. The molecule has 1 atom stereocenters. The molecule has 0 saturated carbocycles. The predicted molar refractivity (Wildman–Crippen MR) is 85.8 cm³/mol. The number of hydrogen-bond acceptors (Lipinski definition) is 3. The van der Waals surface area contributed by atoms with Crippen molar-refractivity contribution in [3.8, 4) is 11.5 Å². The van der Waals surface area contributed by atoms with Gasteiger partial charge >= 0.3 is 0 Å². The van der Waals surface area contributed by atoms with Gasteiger partial charge in [0.1, 0.15) is 11.3 Å². The van der Waals surface area contributed by atoms with Crippen LogP contribution in [0.4, 0.5) is 0 Å². The van der Waals surface area contributed by atoms with Gasteiger partial charge in [0, 0.05) is 13.1 Å². The molecule has 0 aromatic carbocycles. The Hall–Kier alpha value is -2.30. The fourth-order valence-corrected chi connectivity index (χ4v) is 2.16. The molecule has 118 valence electrons. The fourth-order valence-electron chi connectivity index (χ4n) is 2.16. The molecular weight excluding hydrogens is 280 g/mol. The van der Waals surface area contributed by atoms with Gasteiger partial charge in [-0.25, -0.2) is 0 Å². The van der Waals surface area contributed by atoms with Crippen molar-refractivity contribution < 1.29 is 9.21 Å². The lowest BCUT2D eigenvalue weighted by Crippen LogP contribution is -2.44. The maximum Gasteiger partial charge on any atom is 0.261 e. The van der Waals surface area contributed by atoms with Crippen LogP contribution >= 0.6 is 0 Å². The molecule has 0 aliphatic heterocycles. The molecule has 0 spiro atoms. The number of aromatic amines is 1. The lowest BCUT2D eigenvalue weighted by molar-refractivity contribution is 0.0627. The molecule has 0 saturated heterocycles. The van der Waals surface area contributed by atoms with Crippen LogP contribution in [-0.4, -0.2) is 28.9 Å². The third-order valence-corrected chi connectivity index (χ3v) is 4.08. The standard InChI is InChI=1S/C17H22N2O3/c1-11(17(2,3)4)19(5)16(21)12-8-9-13(18-15(12)20)14-7-6-10-22-14/h6-11H,1-5H3,(H,18,20)/t11-/m0/s1. The zero-order valence-electron chi connectivity index (χ0n) is 13.6. The number of carbonyl (C=O) groups is 1. The van der Waals surface area contributed by atoms with E-state index >= 15 is 0 Å². The highest BCUT2D eigenvalue weighted by Gasteiger charge is 2.28. The summed E-state index contributed by atoms with van der Waals surface area (Å²) in [7, 11) is 1.72. The minimum Gasteiger partial charge on any atom is -0.463 e. The number of rotatable bonds is 3. The van der Waals surface area contributed by atoms with Gasteiger partial charge in [0.25, 0.3) is 11.5 Å². The molecule has 0 bridgehead atoms. The van der Waals surface area contributed by atoms with Crippen LogP contribution in [-0.2, 0) is 0 Å². The summed E-state index contributed by atoms with van der Waals surface area (Å²) in [4.78, 5) is 29.0. The zero-order valence-corrected chi connectivity index (χ0v) is 13.6. The van der Waals surface area contributed by atoms with Crippen molar-refractivity contribution in [1.29, 1.82) is 0 Å². The molecule has 1 N–H and O–H groups in total. The first-order valence-corrected chi connectivity index (χ1v) is 7.26. The van der Waals surface area contributed by atoms with Gasteiger partial charge in [0.2, 0.25) is 0 Å². The van der Waals surface area contributed by atoms with Gasteiger partial charge in [0.05, 0.1) is 12.0 Å². The van der Waals surface area contributed by atoms with E-state index in [0.717, 1.165) is 0 Å². The van der Waals surface area contributed by atoms with E-state index in [2.05, 4.69) is 25.8 Å². The highest BCUT2D eigenvalue weighted by atomic mass is 16.3. The van der Waals surface area contributed by atoms with Crippen LogP contribution in [0.2, 0.25) is 0 Å². The maximum absolute atomic E-state index is 12.5. The third kappa shape index (κ3) is 3.13. The number of nitrogens with one attached hydrogen (secondary N) is 1. The van der Waals surface area contributed by atoms with Crippen molar-refractivity contribution in [1.82, 2.24) is 9.88 Å². The van der Waals surface area contributed by atoms with E-state index in [4.69, 9.17) is 4.42 Å². The number of H-pyrrole nitrogens is 1. The molecule has 5 heteroatoms. The Labute approximate surface area is 130 Å². The third-order valence-electron chi connectivity index (χ3n) is 4.08. The Morgan fingerprint density at radius 2 is 1.95 bits per heavy atom. The van der Waals surface area contributed by atoms with Crippen LogP contribution in [0.5, 0.6) is 0 Å². The molecule has 2 aromatic rings. The van der Waals surface area contributed by atoms with E-state index < -0.39 is 5.56 Å². The van der Waals surface area contributed by atoms with Crippen molar-refractivity contribution in [2.24, 2.45) is 5.41 Å². The lowest BCUT2D eigenvalue weighted by atomic mass is 9.87. The summed E-state index contributed by atoms with van der Waals surface area (Å²) in [6.45, 7) is 8.16. The van der Waals surface area contributed by atoms with Gasteiger partial charge in [0.15, 0.2) is 0 Å². The Balaban J connectivity index is 2.30. The molecule has 0 unspecified atom stereocenters. The number of amides is 1. The van der Waals surface area contributed by atoms with Crippen LogP contribution < -0.4 is 5.56 Å². The van der Waals surface area contributed by atoms with Crippen LogP contribution in [0, 0.1) is 5.41 Å². The smallest absolute Gasteiger partial charge is 0.261 e. The molecule has 2 heterocycles. The lowest BCUT2D eigenvalue weighted by Gasteiger charge is -2.35. The number of aromatic nitrogens is 1. The number of carbonyl (C=O) groups excluding carboxylic acids is 1. The molecule has 0 aliphatic carbocycles. The SMILES string of the molecule is C[C@H](N(C)C(=O)c1ccc(-c2ccco2)[nH]c1=O)C(C)(C)C. The summed E-state index contributed by atoms with van der Waals surface area (Å²) < 4.78 is 5.24. The fraction of sp³-hybridized carbons (Fsp3) is 0.412. The predicted octanol–water partition coefficient (Wildman–Crippen LogP) is 3.14. The first-order valence-electron chi connectivity index (χ1n) is 7.26. The zero-order chi connectivity index (χ0) is 16.5. The maximum atomic E-state index is 12.5. The van der Waals surface area contributed by atoms with Gasteiger partial charge in [-0.3, -0.25) is 9.59 Å². The average Bonchev–Trinajstić information content (AvgIpc) is 2.98. The van der Waals surface area contributed by atoms with Crippen LogP contribution in [0.3, 0.4) is 0 Å². The summed E-state index contributed by atoms with van der Waals surface area (Å²) in [6.07, 6.45) is 1.53. The van der Waals surface area contributed by atoms with Crippen molar-refractivity contribution >= 4 is 5.91 Å². The Morgan fingerprint density at radius 1 is 1.27 bits per heavy atom. The summed E-state index contributed by atoms with van der Waals surface area (Å²) in [6, 6.07) is 6.73. The van der Waals surface area contributed by atoms with Gasteiger partial charge in [-0.2, -0.15) is 0 Å². The normalized spacial score (nSPS) is 13.0. The summed E-state index contributed by atoms with van der Waals surface area (Å²) in [5.41, 5.74) is 0.212. The van der Waals surface area contributed by atoms with Gasteiger partial charge in [-0.05, 0) is 36.6 Å². The molecular formula is C17H22N2O3. The molecule has 1 amide bonds. The van der Waals surface area contributed by atoms with E-state index in [1.54, 1.807) is 36.2 Å². The van der Waals surface area contributed by atoms with E-state index in [0.29, 0.717) is 11.5 Å². The topological polar surface area (TPSA) is 66.3 Å². The molecule has 0 fully saturated rings. The summed E-state index contributed by atoms with van der Waals surface area (Å²) in [5, 5.41) is 0. The molecule has 22 heavy (non-hydrogen) atoms. The monoisotopic (exact) mass is 302 g/mol. The van der Waals surface area contributed by atoms with E-state index in [9.17, 15) is 9.59 Å². The Kier molecular flexibility index (Phi) is 4.26. The Bertz CT molecular complexity index is 708. The first kappa shape index (κ1) is 16.1. The summed E-state index contributed by atoms with van der Waals surface area (Å²) >= 11 is 0. The highest BCUT2D eigenvalue weighted by Crippen LogP contribution is 2.24. The second-order valence-electron chi connectivity index (χ2n) is 6.55. The van der Waals surface area contributed by atoms with Crippen LogP contribution in [0.25, 0.3) is 11.5 Å². The molecule has 0 aliphatic rings. The van der Waals surface area contributed by atoms with Gasteiger partial charge in [-0.15, -0.1) is 0 Å². The van der Waals surface area contributed by atoms with Crippen LogP contribution in [0.1, 0.15) is 38.1 Å². The minimum atomic E-state index is -0.410. The quantitative estimate of drug-likeness (QED) is 0.947. The molecule has 2 rings (SSSR count). The molecule has 2 aromatic heterocycles. The highest BCUT2D eigenvalue weighted by molar-refractivity contribution is 5.94. The van der Waals surface area contributed by atoms with Gasteiger partial charge < -0.3 is 14.3 Å². The number of furan rings is 1. The van der Waals surface area contributed by atoms with Crippen molar-refractivity contribution in [2.75, 3.05) is 7.05 Å². The average molecular weight is 302 g/mol.